The van der Waals surface area contributed by atoms with Crippen LogP contribution in [0.15, 0.2) is 34.9 Å². The van der Waals surface area contributed by atoms with Gasteiger partial charge in [-0.05, 0) is 12.0 Å². The fourth-order valence-electron chi connectivity index (χ4n) is 4.09. The van der Waals surface area contributed by atoms with Crippen molar-refractivity contribution < 1.29 is 18.7 Å². The fraction of sp³-hybridized carbons (Fsp3) is 0.435. The van der Waals surface area contributed by atoms with E-state index in [1.54, 1.807) is 11.0 Å². The molecule has 2 aliphatic rings. The summed E-state index contributed by atoms with van der Waals surface area (Å²) in [6.07, 6.45) is 2.93. The van der Waals surface area contributed by atoms with E-state index in [2.05, 4.69) is 11.0 Å². The Bertz CT molecular complexity index is 969. The molecule has 0 radical (unpaired) electrons. The first kappa shape index (κ1) is 20.3. The molecule has 1 saturated heterocycles. The number of morpholine rings is 1. The van der Waals surface area contributed by atoms with E-state index in [0.717, 1.165) is 18.7 Å². The van der Waals surface area contributed by atoms with Crippen molar-refractivity contribution in [2.45, 2.75) is 19.3 Å². The first-order valence-corrected chi connectivity index (χ1v) is 10.4. The van der Waals surface area contributed by atoms with Crippen molar-refractivity contribution in [1.29, 1.82) is 5.26 Å². The van der Waals surface area contributed by atoms with Crippen molar-refractivity contribution in [3.8, 4) is 6.07 Å². The van der Waals surface area contributed by atoms with E-state index in [0.29, 0.717) is 68.1 Å². The van der Waals surface area contributed by atoms with Gasteiger partial charge in [-0.2, -0.15) is 5.26 Å². The number of carbonyl (C=O) groups excluding carboxylic acids is 2. The number of aryl methyl sites for hydroxylation is 2. The number of fused-ring (bicyclic) bond motifs is 2. The Hall–Kier alpha value is -2.95. The highest BCUT2D eigenvalue weighted by Crippen LogP contribution is 2.29. The number of benzene rings is 1. The molecule has 2 heterocycles. The van der Waals surface area contributed by atoms with Gasteiger partial charge >= 0.3 is 0 Å². The van der Waals surface area contributed by atoms with Gasteiger partial charge < -0.3 is 14.1 Å². The van der Waals surface area contributed by atoms with Gasteiger partial charge in [0.15, 0.2) is 5.78 Å². The molecule has 0 atom stereocenters. The molecule has 1 fully saturated rings. The van der Waals surface area contributed by atoms with E-state index < -0.39 is 0 Å². The molecular formula is C23H25N3O4. The van der Waals surface area contributed by atoms with Crippen molar-refractivity contribution in [2.75, 3.05) is 45.9 Å². The number of carbonyl (C=O) groups is 2. The van der Waals surface area contributed by atoms with Crippen LogP contribution in [0.5, 0.6) is 0 Å². The average Bonchev–Trinajstić information content (AvgIpc) is 3.16. The van der Waals surface area contributed by atoms with Crippen molar-refractivity contribution >= 4 is 11.7 Å². The molecule has 0 unspecified atom stereocenters. The smallest absolute Gasteiger partial charge is 0.257 e. The molecule has 1 aliphatic carbocycles. The van der Waals surface area contributed by atoms with Gasteiger partial charge in [-0.3, -0.25) is 14.5 Å². The molecule has 2 aromatic rings. The number of ketones is 1. The Morgan fingerprint density at radius 2 is 1.97 bits per heavy atom. The minimum absolute atomic E-state index is 0.163. The molecular weight excluding hydrogens is 382 g/mol. The third-order valence-electron chi connectivity index (χ3n) is 5.78. The molecule has 7 heteroatoms. The van der Waals surface area contributed by atoms with Crippen LogP contribution >= 0.6 is 0 Å². The lowest BCUT2D eigenvalue weighted by Crippen LogP contribution is -2.43. The maximum absolute atomic E-state index is 13.4. The zero-order valence-electron chi connectivity index (χ0n) is 16.9. The molecule has 1 aliphatic heterocycles. The Morgan fingerprint density at radius 1 is 1.17 bits per heavy atom. The summed E-state index contributed by atoms with van der Waals surface area (Å²) >= 11 is 0. The molecule has 30 heavy (non-hydrogen) atoms. The molecule has 1 amide bonds. The van der Waals surface area contributed by atoms with E-state index in [-0.39, 0.29) is 18.1 Å². The Morgan fingerprint density at radius 3 is 2.77 bits per heavy atom. The molecule has 4 rings (SSSR count). The van der Waals surface area contributed by atoms with Gasteiger partial charge in [-0.15, -0.1) is 0 Å². The lowest BCUT2D eigenvalue weighted by molar-refractivity contribution is 0.0326. The monoisotopic (exact) mass is 407 g/mol. The predicted molar refractivity (Wildman–Crippen MR) is 109 cm³/mol. The molecule has 0 N–H and O–H groups in total. The number of nitrogens with zero attached hydrogens (tertiary/aromatic N) is 3. The zero-order valence-corrected chi connectivity index (χ0v) is 16.9. The number of nitriles is 1. The van der Waals surface area contributed by atoms with Crippen LogP contribution in [-0.4, -0.2) is 67.4 Å². The molecule has 0 saturated carbocycles. The number of furan rings is 1. The molecule has 1 aromatic carbocycles. The summed E-state index contributed by atoms with van der Waals surface area (Å²) in [5.41, 5.74) is 2.27. The Labute approximate surface area is 175 Å². The van der Waals surface area contributed by atoms with Crippen molar-refractivity contribution in [3.05, 3.63) is 58.5 Å². The number of hydrogen-bond acceptors (Lipinski definition) is 6. The maximum atomic E-state index is 13.4. The number of hydrogen-bond donors (Lipinski definition) is 0. The second-order valence-electron chi connectivity index (χ2n) is 7.59. The normalized spacial score (nSPS) is 16.3. The van der Waals surface area contributed by atoms with E-state index in [1.165, 1.54) is 6.26 Å². The van der Waals surface area contributed by atoms with Crippen LogP contribution in [0.3, 0.4) is 0 Å². The predicted octanol–water partition coefficient (Wildman–Crippen LogP) is 2.30. The molecule has 7 nitrogen and oxygen atoms in total. The lowest BCUT2D eigenvalue weighted by Gasteiger charge is -2.29. The number of amides is 1. The zero-order chi connectivity index (χ0) is 20.9. The van der Waals surface area contributed by atoms with Crippen LogP contribution in [0.2, 0.25) is 0 Å². The quantitative estimate of drug-likeness (QED) is 0.730. The summed E-state index contributed by atoms with van der Waals surface area (Å²) < 4.78 is 11.1. The van der Waals surface area contributed by atoms with Gasteiger partial charge in [-0.25, -0.2) is 0 Å². The van der Waals surface area contributed by atoms with E-state index in [1.807, 2.05) is 18.2 Å². The Kier molecular flexibility index (Phi) is 6.26. The summed E-state index contributed by atoms with van der Waals surface area (Å²) in [6, 6.07) is 9.62. The molecule has 0 spiro atoms. The SMILES string of the molecule is N#CCCN(CCN1CCOCC1)C(=O)c1coc2c1C(=O)c1ccccc1CC2. The van der Waals surface area contributed by atoms with Gasteiger partial charge in [0.1, 0.15) is 12.0 Å². The topological polar surface area (TPSA) is 86.8 Å². The van der Waals surface area contributed by atoms with E-state index >= 15 is 0 Å². The highest BCUT2D eigenvalue weighted by Gasteiger charge is 2.31. The second kappa shape index (κ2) is 9.24. The fourth-order valence-corrected chi connectivity index (χ4v) is 4.09. The van der Waals surface area contributed by atoms with Crippen molar-refractivity contribution in [1.82, 2.24) is 9.80 Å². The minimum atomic E-state index is -0.253. The third kappa shape index (κ3) is 4.16. The maximum Gasteiger partial charge on any atom is 0.257 e. The van der Waals surface area contributed by atoms with Crippen molar-refractivity contribution in [2.24, 2.45) is 0 Å². The second-order valence-corrected chi connectivity index (χ2v) is 7.59. The van der Waals surface area contributed by atoms with Crippen LogP contribution in [-0.2, 0) is 17.6 Å². The van der Waals surface area contributed by atoms with Gasteiger partial charge in [0.05, 0.1) is 36.8 Å². The van der Waals surface area contributed by atoms with Gasteiger partial charge in [0, 0.05) is 44.7 Å². The van der Waals surface area contributed by atoms with Gasteiger partial charge in [0.25, 0.3) is 5.91 Å². The third-order valence-corrected chi connectivity index (χ3v) is 5.78. The summed E-state index contributed by atoms with van der Waals surface area (Å²) in [7, 11) is 0. The molecule has 1 aromatic heterocycles. The van der Waals surface area contributed by atoms with Crippen molar-refractivity contribution in [3.63, 3.8) is 0 Å². The summed E-state index contributed by atoms with van der Waals surface area (Å²) in [5.74, 6) is 0.146. The van der Waals surface area contributed by atoms with Crippen LogP contribution < -0.4 is 0 Å². The average molecular weight is 407 g/mol. The summed E-state index contributed by atoms with van der Waals surface area (Å²) in [4.78, 5) is 30.5. The first-order chi connectivity index (χ1) is 14.7. The van der Waals surface area contributed by atoms with E-state index in [4.69, 9.17) is 14.4 Å². The standard InChI is InChI=1S/C23H25N3O4/c24-8-3-9-26(11-10-25-12-14-29-15-13-25)23(28)19-16-30-20-7-6-17-4-1-2-5-18(17)22(27)21(19)20/h1-2,4-5,16H,3,6-7,9-15H2. The van der Waals surface area contributed by atoms with Crippen LogP contribution in [0, 0.1) is 11.3 Å². The van der Waals surface area contributed by atoms with Crippen LogP contribution in [0.1, 0.15) is 44.0 Å². The number of ether oxygens (including phenoxy) is 1. The van der Waals surface area contributed by atoms with Gasteiger partial charge in [0.2, 0.25) is 0 Å². The van der Waals surface area contributed by atoms with E-state index in [9.17, 15) is 9.59 Å². The Balaban J connectivity index is 1.58. The number of rotatable bonds is 6. The minimum Gasteiger partial charge on any atom is -0.468 e. The first-order valence-electron chi connectivity index (χ1n) is 10.4. The van der Waals surface area contributed by atoms with Crippen LogP contribution in [0.25, 0.3) is 0 Å². The molecule has 156 valence electrons. The summed E-state index contributed by atoms with van der Waals surface area (Å²) in [5, 5.41) is 9.04. The highest BCUT2D eigenvalue weighted by atomic mass is 16.5. The lowest BCUT2D eigenvalue weighted by atomic mass is 9.98. The molecule has 0 bridgehead atoms. The summed E-state index contributed by atoms with van der Waals surface area (Å²) in [6.45, 7) is 4.56. The van der Waals surface area contributed by atoms with Crippen LogP contribution in [0.4, 0.5) is 0 Å². The van der Waals surface area contributed by atoms with Gasteiger partial charge in [-0.1, -0.05) is 24.3 Å². The highest BCUT2D eigenvalue weighted by molar-refractivity contribution is 6.16. The largest absolute Gasteiger partial charge is 0.468 e.